The molecule has 1 amide bonds. The lowest BCUT2D eigenvalue weighted by Crippen LogP contribution is -2.14. The van der Waals surface area contributed by atoms with Gasteiger partial charge in [-0.05, 0) is 48.9 Å². The van der Waals surface area contributed by atoms with Crippen LogP contribution in [0, 0.1) is 6.92 Å². The van der Waals surface area contributed by atoms with Crippen LogP contribution < -0.4 is 10.6 Å². The Morgan fingerprint density at radius 3 is 2.71 bits per heavy atom. The minimum atomic E-state index is -0.194. The minimum absolute atomic E-state index is 0.194. The zero-order valence-corrected chi connectivity index (χ0v) is 13.0. The van der Waals surface area contributed by atoms with Crippen molar-refractivity contribution in [3.05, 3.63) is 64.2 Å². The van der Waals surface area contributed by atoms with Gasteiger partial charge in [0.25, 0.3) is 5.91 Å². The van der Waals surface area contributed by atoms with Crippen LogP contribution >= 0.6 is 11.6 Å². The number of carbonyl (C=O) groups excluding carboxylic acids is 1. The highest BCUT2D eigenvalue weighted by molar-refractivity contribution is 6.34. The molecule has 110 valence electrons. The molecule has 2 rings (SSSR count). The highest BCUT2D eigenvalue weighted by Gasteiger charge is 2.10. The molecule has 0 fully saturated rings. The average Bonchev–Trinajstić information content (AvgIpc) is 2.45. The Hall–Kier alpha value is -1.84. The van der Waals surface area contributed by atoms with Crippen LogP contribution in [0.4, 0.5) is 5.69 Å². The van der Waals surface area contributed by atoms with E-state index in [1.165, 1.54) is 0 Å². The van der Waals surface area contributed by atoms with E-state index in [-0.39, 0.29) is 5.91 Å². The summed E-state index contributed by atoms with van der Waals surface area (Å²) in [6, 6.07) is 13.2. The van der Waals surface area contributed by atoms with Gasteiger partial charge >= 0.3 is 0 Å². The lowest BCUT2D eigenvalue weighted by Gasteiger charge is -2.09. The van der Waals surface area contributed by atoms with Gasteiger partial charge in [-0.1, -0.05) is 36.7 Å². The predicted octanol–water partition coefficient (Wildman–Crippen LogP) is 4.01. The van der Waals surface area contributed by atoms with Crippen molar-refractivity contribution in [1.29, 1.82) is 0 Å². The summed E-state index contributed by atoms with van der Waals surface area (Å²) in [5, 5.41) is 6.61. The Bertz CT molecular complexity index is 640. The number of hydrogen-bond acceptors (Lipinski definition) is 2. The first kappa shape index (κ1) is 15.5. The molecule has 0 atom stereocenters. The van der Waals surface area contributed by atoms with Crippen molar-refractivity contribution in [2.75, 3.05) is 11.9 Å². The van der Waals surface area contributed by atoms with Gasteiger partial charge in [0.2, 0.25) is 0 Å². The van der Waals surface area contributed by atoms with Crippen LogP contribution in [-0.4, -0.2) is 12.5 Å². The topological polar surface area (TPSA) is 41.1 Å². The molecule has 0 bridgehead atoms. The lowest BCUT2D eigenvalue weighted by atomic mass is 10.1. The van der Waals surface area contributed by atoms with Gasteiger partial charge in [-0.25, -0.2) is 0 Å². The molecular formula is C17H19ClN2O. The molecular weight excluding hydrogens is 284 g/mol. The molecule has 0 aromatic heterocycles. The van der Waals surface area contributed by atoms with E-state index in [9.17, 15) is 4.79 Å². The van der Waals surface area contributed by atoms with Crippen molar-refractivity contribution in [3.63, 3.8) is 0 Å². The number of anilines is 1. The highest BCUT2D eigenvalue weighted by atomic mass is 35.5. The molecule has 3 nitrogen and oxygen atoms in total. The van der Waals surface area contributed by atoms with Gasteiger partial charge in [0.15, 0.2) is 0 Å². The van der Waals surface area contributed by atoms with Gasteiger partial charge in [-0.3, -0.25) is 4.79 Å². The summed E-state index contributed by atoms with van der Waals surface area (Å²) in [6.07, 6.45) is 0. The summed E-state index contributed by atoms with van der Waals surface area (Å²) < 4.78 is 0. The SMILES string of the molecule is CCNCc1cccc(NC(=O)c2ccc(C)cc2Cl)c1. The average molecular weight is 303 g/mol. The molecule has 0 unspecified atom stereocenters. The van der Waals surface area contributed by atoms with Crippen molar-refractivity contribution < 1.29 is 4.79 Å². The van der Waals surface area contributed by atoms with Crippen molar-refractivity contribution >= 4 is 23.2 Å². The van der Waals surface area contributed by atoms with Crippen LogP contribution in [0.15, 0.2) is 42.5 Å². The number of nitrogens with one attached hydrogen (secondary N) is 2. The van der Waals surface area contributed by atoms with E-state index < -0.39 is 0 Å². The maximum absolute atomic E-state index is 12.3. The van der Waals surface area contributed by atoms with Gasteiger partial charge < -0.3 is 10.6 Å². The second kappa shape index (κ2) is 7.25. The smallest absolute Gasteiger partial charge is 0.257 e. The number of amides is 1. The van der Waals surface area contributed by atoms with Crippen LogP contribution in [0.3, 0.4) is 0 Å². The third-order valence-electron chi connectivity index (χ3n) is 3.13. The van der Waals surface area contributed by atoms with E-state index in [0.29, 0.717) is 10.6 Å². The summed E-state index contributed by atoms with van der Waals surface area (Å²) >= 11 is 6.12. The number of halogens is 1. The van der Waals surface area contributed by atoms with E-state index in [2.05, 4.69) is 17.6 Å². The van der Waals surface area contributed by atoms with Gasteiger partial charge in [0.05, 0.1) is 10.6 Å². The Kier molecular flexibility index (Phi) is 5.37. The first-order chi connectivity index (χ1) is 10.1. The minimum Gasteiger partial charge on any atom is -0.322 e. The van der Waals surface area contributed by atoms with Crippen LogP contribution in [0.25, 0.3) is 0 Å². The van der Waals surface area contributed by atoms with Crippen LogP contribution in [-0.2, 0) is 6.54 Å². The zero-order chi connectivity index (χ0) is 15.2. The summed E-state index contributed by atoms with van der Waals surface area (Å²) in [6.45, 7) is 5.70. The largest absolute Gasteiger partial charge is 0.322 e. The molecule has 2 aromatic rings. The predicted molar refractivity (Wildman–Crippen MR) is 88.0 cm³/mol. The maximum atomic E-state index is 12.3. The van der Waals surface area contributed by atoms with Gasteiger partial charge in [-0.2, -0.15) is 0 Å². The van der Waals surface area contributed by atoms with Crippen molar-refractivity contribution in [2.24, 2.45) is 0 Å². The standard InChI is InChI=1S/C17H19ClN2O/c1-3-19-11-13-5-4-6-14(10-13)20-17(21)15-8-7-12(2)9-16(15)18/h4-10,19H,3,11H2,1-2H3,(H,20,21). The quantitative estimate of drug-likeness (QED) is 0.876. The van der Waals surface area contributed by atoms with Crippen molar-refractivity contribution in [3.8, 4) is 0 Å². The first-order valence-electron chi connectivity index (χ1n) is 6.97. The Balaban J connectivity index is 2.12. The molecule has 4 heteroatoms. The monoisotopic (exact) mass is 302 g/mol. The molecule has 2 N–H and O–H groups in total. The van der Waals surface area contributed by atoms with Crippen LogP contribution in [0.2, 0.25) is 5.02 Å². The molecule has 0 saturated heterocycles. The third kappa shape index (κ3) is 4.31. The fraction of sp³-hybridized carbons (Fsp3) is 0.235. The molecule has 0 aliphatic carbocycles. The number of rotatable bonds is 5. The Labute approximate surface area is 130 Å². The summed E-state index contributed by atoms with van der Waals surface area (Å²) in [5.74, 6) is -0.194. The number of benzene rings is 2. The second-order valence-corrected chi connectivity index (χ2v) is 5.33. The Morgan fingerprint density at radius 2 is 2.00 bits per heavy atom. The molecule has 0 radical (unpaired) electrons. The van der Waals surface area contributed by atoms with E-state index in [1.54, 1.807) is 12.1 Å². The van der Waals surface area contributed by atoms with Crippen molar-refractivity contribution in [1.82, 2.24) is 5.32 Å². The first-order valence-corrected chi connectivity index (χ1v) is 7.35. The molecule has 0 spiro atoms. The number of carbonyl (C=O) groups is 1. The maximum Gasteiger partial charge on any atom is 0.257 e. The third-order valence-corrected chi connectivity index (χ3v) is 3.45. The van der Waals surface area contributed by atoms with E-state index >= 15 is 0 Å². The molecule has 0 saturated carbocycles. The van der Waals surface area contributed by atoms with Crippen LogP contribution in [0.5, 0.6) is 0 Å². The summed E-state index contributed by atoms with van der Waals surface area (Å²) in [4.78, 5) is 12.3. The van der Waals surface area contributed by atoms with Gasteiger partial charge in [0.1, 0.15) is 0 Å². The fourth-order valence-corrected chi connectivity index (χ4v) is 2.35. The zero-order valence-electron chi connectivity index (χ0n) is 12.2. The van der Waals surface area contributed by atoms with E-state index in [4.69, 9.17) is 11.6 Å². The lowest BCUT2D eigenvalue weighted by molar-refractivity contribution is 0.102. The van der Waals surface area contributed by atoms with Crippen molar-refractivity contribution in [2.45, 2.75) is 20.4 Å². The normalized spacial score (nSPS) is 10.4. The molecule has 2 aromatic carbocycles. The summed E-state index contributed by atoms with van der Waals surface area (Å²) in [7, 11) is 0. The molecule has 0 heterocycles. The second-order valence-electron chi connectivity index (χ2n) is 4.92. The summed E-state index contributed by atoms with van der Waals surface area (Å²) in [5.41, 5.74) is 3.42. The highest BCUT2D eigenvalue weighted by Crippen LogP contribution is 2.19. The van der Waals surface area contributed by atoms with Gasteiger partial charge in [-0.15, -0.1) is 0 Å². The molecule has 0 aliphatic heterocycles. The number of aryl methyl sites for hydroxylation is 1. The molecule has 0 aliphatic rings. The van der Waals surface area contributed by atoms with E-state index in [1.807, 2.05) is 37.3 Å². The Morgan fingerprint density at radius 1 is 1.19 bits per heavy atom. The van der Waals surface area contributed by atoms with E-state index in [0.717, 1.165) is 29.9 Å². The molecule has 21 heavy (non-hydrogen) atoms. The number of hydrogen-bond donors (Lipinski definition) is 2. The fourth-order valence-electron chi connectivity index (χ4n) is 2.03. The van der Waals surface area contributed by atoms with Crippen LogP contribution in [0.1, 0.15) is 28.4 Å². The van der Waals surface area contributed by atoms with Gasteiger partial charge in [0, 0.05) is 12.2 Å².